The van der Waals surface area contributed by atoms with Crippen molar-refractivity contribution in [3.05, 3.63) is 0 Å². The lowest BCUT2D eigenvalue weighted by atomic mass is 9.44. The third-order valence-electron chi connectivity index (χ3n) is 11.4. The van der Waals surface area contributed by atoms with Crippen molar-refractivity contribution in [3.8, 4) is 0 Å². The molecule has 2 unspecified atom stereocenters. The summed E-state index contributed by atoms with van der Waals surface area (Å²) in [5, 5.41) is 3.21. The van der Waals surface area contributed by atoms with E-state index in [0.717, 1.165) is 47.8 Å². The second-order valence-corrected chi connectivity index (χ2v) is 13.4. The molecular formula is C29H52N2O. The Bertz CT molecular complexity index is 662. The van der Waals surface area contributed by atoms with E-state index in [0.29, 0.717) is 16.9 Å². The Kier molecular flexibility index (Phi) is 7.36. The number of hydrogen-bond donors (Lipinski definition) is 2. The van der Waals surface area contributed by atoms with Crippen molar-refractivity contribution in [3.63, 3.8) is 0 Å². The van der Waals surface area contributed by atoms with Crippen LogP contribution in [0.4, 0.5) is 0 Å². The van der Waals surface area contributed by atoms with Gasteiger partial charge in [-0.3, -0.25) is 4.79 Å². The molecule has 1 amide bonds. The normalized spacial score (nSPS) is 44.5. The quantitative estimate of drug-likeness (QED) is 0.468. The number of carbonyl (C=O) groups is 1. The second kappa shape index (κ2) is 9.59. The van der Waals surface area contributed by atoms with E-state index in [1.807, 2.05) is 0 Å². The molecule has 0 aromatic carbocycles. The largest absolute Gasteiger partial charge is 0.352 e. The Balaban J connectivity index is 1.42. The first-order chi connectivity index (χ1) is 15.2. The van der Waals surface area contributed by atoms with E-state index < -0.39 is 0 Å². The number of hydrogen-bond acceptors (Lipinski definition) is 2. The highest BCUT2D eigenvalue weighted by molar-refractivity contribution is 5.78. The SMILES string of the molecule is CC(C)CCC[C@@H](C)[C@H]1CC[C@H]2[C@@H]3CCC4CC(NC(=O)CN)CC[C@]4(C)[C@H]3CC[C@]12C. The molecule has 0 saturated heterocycles. The summed E-state index contributed by atoms with van der Waals surface area (Å²) in [5.74, 6) is 6.35. The van der Waals surface area contributed by atoms with Crippen LogP contribution in [0.1, 0.15) is 112 Å². The van der Waals surface area contributed by atoms with Gasteiger partial charge in [-0.05, 0) is 110 Å². The molecule has 0 spiro atoms. The maximum absolute atomic E-state index is 11.9. The second-order valence-electron chi connectivity index (χ2n) is 13.4. The summed E-state index contributed by atoms with van der Waals surface area (Å²) < 4.78 is 0. The van der Waals surface area contributed by atoms with Gasteiger partial charge in [0.1, 0.15) is 0 Å². The molecule has 0 aliphatic heterocycles. The lowest BCUT2D eigenvalue weighted by Crippen LogP contribution is -2.55. The van der Waals surface area contributed by atoms with Crippen LogP contribution < -0.4 is 11.1 Å². The highest BCUT2D eigenvalue weighted by atomic mass is 16.1. The van der Waals surface area contributed by atoms with Gasteiger partial charge in [-0.15, -0.1) is 0 Å². The van der Waals surface area contributed by atoms with Gasteiger partial charge in [-0.25, -0.2) is 0 Å². The third kappa shape index (κ3) is 4.41. The van der Waals surface area contributed by atoms with E-state index in [9.17, 15) is 4.79 Å². The van der Waals surface area contributed by atoms with Gasteiger partial charge in [0.05, 0.1) is 6.54 Å². The Labute approximate surface area is 198 Å². The van der Waals surface area contributed by atoms with Crippen LogP contribution in [0.2, 0.25) is 0 Å². The standard InChI is InChI=1S/C29H52N2O/c1-19(2)7-6-8-20(3)24-11-12-25-23-10-9-21-17-22(31-27(32)18-30)13-15-28(21,4)26(23)14-16-29(24,25)5/h19-26H,6-18,30H2,1-5H3,(H,31,32)/t20-,21?,22?,23+,24-,25+,26+,28+,29-/m1/s1. The molecule has 0 bridgehead atoms. The first kappa shape index (κ1) is 24.6. The van der Waals surface area contributed by atoms with Crippen LogP contribution in [0.3, 0.4) is 0 Å². The minimum atomic E-state index is 0.0280. The maximum Gasteiger partial charge on any atom is 0.233 e. The fourth-order valence-electron chi connectivity index (χ4n) is 9.70. The maximum atomic E-state index is 11.9. The Hall–Kier alpha value is -0.570. The predicted octanol–water partition coefficient (Wildman–Crippen LogP) is 6.55. The van der Waals surface area contributed by atoms with Crippen molar-refractivity contribution in [1.29, 1.82) is 0 Å². The van der Waals surface area contributed by atoms with Crippen LogP contribution >= 0.6 is 0 Å². The van der Waals surface area contributed by atoms with Crippen molar-refractivity contribution in [1.82, 2.24) is 5.32 Å². The number of fused-ring (bicyclic) bond motifs is 5. The molecule has 4 saturated carbocycles. The molecule has 0 aromatic rings. The molecule has 4 rings (SSSR count). The average molecular weight is 445 g/mol. The fourth-order valence-corrected chi connectivity index (χ4v) is 9.70. The van der Waals surface area contributed by atoms with Crippen molar-refractivity contribution in [2.45, 2.75) is 118 Å². The molecule has 0 aromatic heterocycles. The van der Waals surface area contributed by atoms with Crippen molar-refractivity contribution in [2.75, 3.05) is 6.54 Å². The first-order valence-corrected chi connectivity index (χ1v) is 14.2. The fraction of sp³-hybridized carbons (Fsp3) is 0.966. The van der Waals surface area contributed by atoms with Crippen LogP contribution in [0.15, 0.2) is 0 Å². The van der Waals surface area contributed by atoms with Gasteiger partial charge in [-0.2, -0.15) is 0 Å². The van der Waals surface area contributed by atoms with Gasteiger partial charge in [0.15, 0.2) is 0 Å². The van der Waals surface area contributed by atoms with Gasteiger partial charge >= 0.3 is 0 Å². The number of rotatable bonds is 7. The van der Waals surface area contributed by atoms with Crippen LogP contribution in [-0.4, -0.2) is 18.5 Å². The smallest absolute Gasteiger partial charge is 0.233 e. The van der Waals surface area contributed by atoms with E-state index >= 15 is 0 Å². The molecule has 4 aliphatic rings. The average Bonchev–Trinajstić information content (AvgIpc) is 3.11. The molecule has 0 heterocycles. The minimum absolute atomic E-state index is 0.0280. The summed E-state index contributed by atoms with van der Waals surface area (Å²) in [7, 11) is 0. The van der Waals surface area contributed by atoms with E-state index in [1.165, 1.54) is 70.6 Å². The zero-order valence-electron chi connectivity index (χ0n) is 21.8. The first-order valence-electron chi connectivity index (χ1n) is 14.2. The lowest BCUT2D eigenvalue weighted by molar-refractivity contribution is -0.127. The number of nitrogens with one attached hydrogen (secondary N) is 1. The zero-order chi connectivity index (χ0) is 23.1. The highest BCUT2D eigenvalue weighted by Gasteiger charge is 2.60. The Morgan fingerprint density at radius 1 is 0.938 bits per heavy atom. The van der Waals surface area contributed by atoms with Gasteiger partial charge in [0.2, 0.25) is 5.91 Å². The number of amides is 1. The van der Waals surface area contributed by atoms with Gasteiger partial charge < -0.3 is 11.1 Å². The minimum Gasteiger partial charge on any atom is -0.352 e. The zero-order valence-corrected chi connectivity index (χ0v) is 21.8. The van der Waals surface area contributed by atoms with Crippen LogP contribution in [-0.2, 0) is 4.79 Å². The predicted molar refractivity (Wildman–Crippen MR) is 134 cm³/mol. The summed E-state index contributed by atoms with van der Waals surface area (Å²) >= 11 is 0. The van der Waals surface area contributed by atoms with Crippen molar-refractivity contribution < 1.29 is 4.79 Å². The van der Waals surface area contributed by atoms with Crippen LogP contribution in [0.25, 0.3) is 0 Å². The van der Waals surface area contributed by atoms with E-state index in [-0.39, 0.29) is 12.5 Å². The monoisotopic (exact) mass is 444 g/mol. The molecule has 4 aliphatic carbocycles. The molecule has 9 atom stereocenters. The molecule has 3 N–H and O–H groups in total. The molecule has 0 radical (unpaired) electrons. The summed E-state index contributed by atoms with van der Waals surface area (Å²) in [4.78, 5) is 11.9. The van der Waals surface area contributed by atoms with E-state index in [1.54, 1.807) is 0 Å². The van der Waals surface area contributed by atoms with E-state index in [4.69, 9.17) is 5.73 Å². The van der Waals surface area contributed by atoms with Crippen molar-refractivity contribution >= 4 is 5.91 Å². The van der Waals surface area contributed by atoms with Gasteiger partial charge in [-0.1, -0.05) is 53.9 Å². The number of nitrogens with two attached hydrogens (primary N) is 1. The molecule has 32 heavy (non-hydrogen) atoms. The van der Waals surface area contributed by atoms with Crippen LogP contribution in [0, 0.1) is 52.3 Å². The molecule has 3 nitrogen and oxygen atoms in total. The summed E-state index contributed by atoms with van der Waals surface area (Å²) in [6.45, 7) is 12.8. The Morgan fingerprint density at radius 2 is 1.66 bits per heavy atom. The number of carbonyl (C=O) groups excluding carboxylic acids is 1. The molecular weight excluding hydrogens is 392 g/mol. The summed E-state index contributed by atoms with van der Waals surface area (Å²) in [5.41, 5.74) is 6.64. The molecule has 4 fully saturated rings. The van der Waals surface area contributed by atoms with Crippen molar-refractivity contribution in [2.24, 2.45) is 58.0 Å². The molecule has 184 valence electrons. The van der Waals surface area contributed by atoms with Gasteiger partial charge in [0, 0.05) is 6.04 Å². The van der Waals surface area contributed by atoms with Crippen LogP contribution in [0.5, 0.6) is 0 Å². The van der Waals surface area contributed by atoms with E-state index in [2.05, 4.69) is 39.9 Å². The van der Waals surface area contributed by atoms with Gasteiger partial charge in [0.25, 0.3) is 0 Å². The summed E-state index contributed by atoms with van der Waals surface area (Å²) in [6.07, 6.45) is 16.6. The lowest BCUT2D eigenvalue weighted by Gasteiger charge is -2.61. The third-order valence-corrected chi connectivity index (χ3v) is 11.4. The highest BCUT2D eigenvalue weighted by Crippen LogP contribution is 2.68. The topological polar surface area (TPSA) is 55.1 Å². The molecule has 3 heteroatoms. The summed E-state index contributed by atoms with van der Waals surface area (Å²) in [6, 6.07) is 0.358. The Morgan fingerprint density at radius 3 is 2.38 bits per heavy atom.